The van der Waals surface area contributed by atoms with E-state index in [4.69, 9.17) is 4.74 Å². The summed E-state index contributed by atoms with van der Waals surface area (Å²) in [5, 5.41) is 4.28. The van der Waals surface area contributed by atoms with Gasteiger partial charge in [0.2, 0.25) is 0 Å². The van der Waals surface area contributed by atoms with E-state index in [1.165, 1.54) is 7.11 Å². The van der Waals surface area contributed by atoms with Crippen molar-refractivity contribution >= 4 is 28.6 Å². The van der Waals surface area contributed by atoms with Crippen molar-refractivity contribution in [3.63, 3.8) is 0 Å². The number of halogens is 1. The van der Waals surface area contributed by atoms with Crippen molar-refractivity contribution < 1.29 is 9.53 Å². The highest BCUT2D eigenvalue weighted by Crippen LogP contribution is 2.19. The Labute approximate surface area is 96.8 Å². The number of carbonyl (C=O) groups is 1. The molecule has 14 heavy (non-hydrogen) atoms. The molecule has 1 aromatic heterocycles. The zero-order valence-corrected chi connectivity index (χ0v) is 10.8. The molecule has 78 valence electrons. The van der Waals surface area contributed by atoms with E-state index >= 15 is 0 Å². The van der Waals surface area contributed by atoms with Crippen molar-refractivity contribution in [2.45, 2.75) is 26.8 Å². The molecule has 0 unspecified atom stereocenters. The van der Waals surface area contributed by atoms with Crippen LogP contribution >= 0.6 is 22.6 Å². The fourth-order valence-electron chi connectivity index (χ4n) is 1.32. The monoisotopic (exact) mass is 308 g/mol. The smallest absolute Gasteiger partial charge is 0.342 e. The number of rotatable bonds is 2. The first-order valence-corrected chi connectivity index (χ1v) is 5.39. The highest BCUT2D eigenvalue weighted by molar-refractivity contribution is 14.1. The Balaban J connectivity index is 3.24. The summed E-state index contributed by atoms with van der Waals surface area (Å²) in [6.45, 7) is 5.93. The number of esters is 1. The topological polar surface area (TPSA) is 44.1 Å². The minimum atomic E-state index is -0.321. The summed E-state index contributed by atoms with van der Waals surface area (Å²) in [4.78, 5) is 11.4. The van der Waals surface area contributed by atoms with Crippen LogP contribution in [0.2, 0.25) is 0 Å². The molecule has 0 amide bonds. The molecule has 5 heteroatoms. The summed E-state index contributed by atoms with van der Waals surface area (Å²) in [6, 6.07) is 0.252. The van der Waals surface area contributed by atoms with Crippen molar-refractivity contribution in [3.8, 4) is 0 Å². The number of nitrogens with zero attached hydrogens (tertiary/aromatic N) is 2. The van der Waals surface area contributed by atoms with Crippen LogP contribution in [0.1, 0.15) is 35.9 Å². The molecular weight excluding hydrogens is 295 g/mol. The van der Waals surface area contributed by atoms with Crippen LogP contribution in [0.25, 0.3) is 0 Å². The first kappa shape index (κ1) is 11.5. The second-order valence-electron chi connectivity index (χ2n) is 3.28. The first-order valence-electron chi connectivity index (χ1n) is 4.32. The number of methoxy groups -OCH3 is 1. The van der Waals surface area contributed by atoms with E-state index < -0.39 is 0 Å². The van der Waals surface area contributed by atoms with E-state index in [0.717, 1.165) is 5.69 Å². The van der Waals surface area contributed by atoms with E-state index in [2.05, 4.69) is 5.10 Å². The number of ether oxygens (including phenoxy) is 1. The third kappa shape index (κ3) is 1.92. The first-order chi connectivity index (χ1) is 6.49. The van der Waals surface area contributed by atoms with Gasteiger partial charge in [-0.3, -0.25) is 4.68 Å². The zero-order chi connectivity index (χ0) is 10.9. The molecule has 0 radical (unpaired) electrons. The molecule has 1 aromatic rings. The number of carbonyl (C=O) groups excluding carboxylic acids is 1. The van der Waals surface area contributed by atoms with Gasteiger partial charge in [0.05, 0.1) is 12.8 Å². The van der Waals surface area contributed by atoms with E-state index in [-0.39, 0.29) is 12.0 Å². The van der Waals surface area contributed by atoms with Gasteiger partial charge in [0, 0.05) is 6.04 Å². The molecule has 0 atom stereocenters. The molecule has 0 aromatic carbocycles. The Morgan fingerprint density at radius 2 is 2.14 bits per heavy atom. The molecule has 0 aliphatic carbocycles. The van der Waals surface area contributed by atoms with Crippen molar-refractivity contribution in [3.05, 3.63) is 15.0 Å². The number of hydrogen-bond donors (Lipinski definition) is 0. The van der Waals surface area contributed by atoms with Gasteiger partial charge in [0.15, 0.2) is 0 Å². The Bertz CT molecular complexity index is 358. The summed E-state index contributed by atoms with van der Waals surface area (Å²) in [5.74, 6) is -0.321. The van der Waals surface area contributed by atoms with Gasteiger partial charge in [0.25, 0.3) is 0 Å². The van der Waals surface area contributed by atoms with Crippen LogP contribution in [0.15, 0.2) is 0 Å². The van der Waals surface area contributed by atoms with Gasteiger partial charge in [0.1, 0.15) is 9.26 Å². The summed E-state index contributed by atoms with van der Waals surface area (Å²) < 4.78 is 7.22. The molecule has 0 spiro atoms. The van der Waals surface area contributed by atoms with Crippen LogP contribution in [-0.2, 0) is 4.74 Å². The molecule has 4 nitrogen and oxygen atoms in total. The van der Waals surface area contributed by atoms with Gasteiger partial charge < -0.3 is 4.74 Å². The summed E-state index contributed by atoms with van der Waals surface area (Å²) in [5.41, 5.74) is 1.43. The van der Waals surface area contributed by atoms with Crippen molar-refractivity contribution in [1.82, 2.24) is 9.78 Å². The standard InChI is InChI=1S/C9H13IN2O2/c1-5(2)12-6(3)7(8(10)11-12)9(13)14-4/h5H,1-4H3. The molecule has 0 aliphatic rings. The lowest BCUT2D eigenvalue weighted by Gasteiger charge is -2.07. The second kappa shape index (κ2) is 4.29. The lowest BCUT2D eigenvalue weighted by atomic mass is 10.2. The van der Waals surface area contributed by atoms with Gasteiger partial charge in [-0.25, -0.2) is 4.79 Å². The Kier molecular flexibility index (Phi) is 3.52. The van der Waals surface area contributed by atoms with Crippen LogP contribution in [0, 0.1) is 10.6 Å². The Morgan fingerprint density at radius 1 is 1.57 bits per heavy atom. The van der Waals surface area contributed by atoms with Crippen LogP contribution in [0.4, 0.5) is 0 Å². The predicted octanol–water partition coefficient (Wildman–Crippen LogP) is 2.16. The maximum absolute atomic E-state index is 11.4. The van der Waals surface area contributed by atoms with Crippen molar-refractivity contribution in [1.29, 1.82) is 0 Å². The van der Waals surface area contributed by atoms with Gasteiger partial charge in [-0.15, -0.1) is 0 Å². The Hall–Kier alpha value is -0.590. The van der Waals surface area contributed by atoms with Gasteiger partial charge in [-0.2, -0.15) is 5.10 Å². The van der Waals surface area contributed by atoms with Crippen molar-refractivity contribution in [2.75, 3.05) is 7.11 Å². The number of hydrogen-bond acceptors (Lipinski definition) is 3. The summed E-state index contributed by atoms with van der Waals surface area (Å²) >= 11 is 2.05. The second-order valence-corrected chi connectivity index (χ2v) is 4.30. The quantitative estimate of drug-likeness (QED) is 0.621. The zero-order valence-electron chi connectivity index (χ0n) is 8.67. The largest absolute Gasteiger partial charge is 0.465 e. The molecule has 0 saturated carbocycles. The van der Waals surface area contributed by atoms with Crippen molar-refractivity contribution in [2.24, 2.45) is 0 Å². The molecule has 0 aliphatic heterocycles. The van der Waals surface area contributed by atoms with Crippen LogP contribution in [-0.4, -0.2) is 22.9 Å². The third-order valence-corrected chi connectivity index (χ3v) is 2.74. The van der Waals surface area contributed by atoms with Gasteiger partial charge in [-0.05, 0) is 43.4 Å². The average Bonchev–Trinajstić information content (AvgIpc) is 2.41. The maximum Gasteiger partial charge on any atom is 0.342 e. The third-order valence-electron chi connectivity index (χ3n) is 1.99. The minimum Gasteiger partial charge on any atom is -0.465 e. The molecule has 0 N–H and O–H groups in total. The van der Waals surface area contributed by atoms with Gasteiger partial charge >= 0.3 is 5.97 Å². The molecule has 0 saturated heterocycles. The summed E-state index contributed by atoms with van der Waals surface area (Å²) in [7, 11) is 1.38. The molecule has 0 bridgehead atoms. The average molecular weight is 308 g/mol. The van der Waals surface area contributed by atoms with Gasteiger partial charge in [-0.1, -0.05) is 0 Å². The fraction of sp³-hybridized carbons (Fsp3) is 0.556. The lowest BCUT2D eigenvalue weighted by molar-refractivity contribution is 0.0598. The predicted molar refractivity (Wildman–Crippen MR) is 61.4 cm³/mol. The normalized spacial score (nSPS) is 10.7. The molecule has 1 heterocycles. The Morgan fingerprint density at radius 3 is 2.50 bits per heavy atom. The molecular formula is C9H13IN2O2. The molecule has 0 fully saturated rings. The minimum absolute atomic E-state index is 0.252. The lowest BCUT2D eigenvalue weighted by Crippen LogP contribution is -2.07. The van der Waals surface area contributed by atoms with E-state index in [1.807, 2.05) is 48.0 Å². The maximum atomic E-state index is 11.4. The summed E-state index contributed by atoms with van der Waals surface area (Å²) in [6.07, 6.45) is 0. The highest BCUT2D eigenvalue weighted by Gasteiger charge is 2.20. The number of aromatic nitrogens is 2. The highest BCUT2D eigenvalue weighted by atomic mass is 127. The fourth-order valence-corrected chi connectivity index (χ4v) is 2.16. The van der Waals surface area contributed by atoms with E-state index in [9.17, 15) is 4.79 Å². The van der Waals surface area contributed by atoms with E-state index in [1.54, 1.807) is 0 Å². The SMILES string of the molecule is COC(=O)c1c(I)nn(C(C)C)c1C. The van der Waals surface area contributed by atoms with Crippen LogP contribution in [0.5, 0.6) is 0 Å². The molecule has 1 rings (SSSR count). The van der Waals surface area contributed by atoms with Crippen LogP contribution in [0.3, 0.4) is 0 Å². The van der Waals surface area contributed by atoms with Crippen LogP contribution < -0.4 is 0 Å². The van der Waals surface area contributed by atoms with E-state index in [0.29, 0.717) is 9.26 Å².